The highest BCUT2D eigenvalue weighted by Crippen LogP contribution is 2.27. The van der Waals surface area contributed by atoms with Crippen LogP contribution in [0.25, 0.3) is 22.0 Å². The highest BCUT2D eigenvalue weighted by molar-refractivity contribution is 5.98. The quantitative estimate of drug-likeness (QED) is 0.679. The number of rotatable bonds is 1. The van der Waals surface area contributed by atoms with E-state index in [9.17, 15) is 0 Å². The average Bonchev–Trinajstić information content (AvgIpc) is 2.40. The molecule has 2 N–H and O–H groups in total. The number of benzene rings is 1. The number of nitrogens with zero attached hydrogens (tertiary/aromatic N) is 4. The molecule has 0 atom stereocenters. The van der Waals surface area contributed by atoms with Crippen LogP contribution in [-0.4, -0.2) is 19.9 Å². The van der Waals surface area contributed by atoms with Gasteiger partial charge < -0.3 is 5.73 Å². The van der Waals surface area contributed by atoms with Crippen molar-refractivity contribution in [3.63, 3.8) is 0 Å². The van der Waals surface area contributed by atoms with Crippen LogP contribution in [0.2, 0.25) is 0 Å². The van der Waals surface area contributed by atoms with E-state index in [-0.39, 0.29) is 0 Å². The molecule has 0 amide bonds. The summed E-state index contributed by atoms with van der Waals surface area (Å²) in [6.45, 7) is 0. The highest BCUT2D eigenvalue weighted by atomic mass is 14.9. The van der Waals surface area contributed by atoms with Gasteiger partial charge in [0.1, 0.15) is 18.5 Å². The number of hydrogen-bond donors (Lipinski definition) is 1. The van der Waals surface area contributed by atoms with Crippen molar-refractivity contribution >= 4 is 16.7 Å². The SMILES string of the molecule is Nc1ncnc2c(-c3cncnc3)cccc12. The largest absolute Gasteiger partial charge is 0.383 e. The molecule has 2 heterocycles. The van der Waals surface area contributed by atoms with Crippen LogP contribution in [0.1, 0.15) is 0 Å². The molecule has 1 aromatic carbocycles. The smallest absolute Gasteiger partial charge is 0.134 e. The number of aromatic nitrogens is 4. The maximum atomic E-state index is 5.82. The van der Waals surface area contributed by atoms with Gasteiger partial charge in [-0.15, -0.1) is 0 Å². The molecule has 0 aliphatic carbocycles. The molecule has 0 radical (unpaired) electrons. The zero-order valence-corrected chi connectivity index (χ0v) is 8.91. The lowest BCUT2D eigenvalue weighted by atomic mass is 10.1. The molecule has 5 heteroatoms. The van der Waals surface area contributed by atoms with E-state index in [1.807, 2.05) is 18.2 Å². The van der Waals surface area contributed by atoms with E-state index in [1.165, 1.54) is 12.7 Å². The van der Waals surface area contributed by atoms with Crippen LogP contribution in [0, 0.1) is 0 Å². The van der Waals surface area contributed by atoms with Crippen molar-refractivity contribution in [2.45, 2.75) is 0 Å². The average molecular weight is 223 g/mol. The van der Waals surface area contributed by atoms with E-state index >= 15 is 0 Å². The molecule has 0 bridgehead atoms. The third-order valence-corrected chi connectivity index (χ3v) is 2.57. The van der Waals surface area contributed by atoms with Crippen molar-refractivity contribution in [2.24, 2.45) is 0 Å². The molecule has 2 aromatic heterocycles. The van der Waals surface area contributed by atoms with E-state index in [1.54, 1.807) is 12.4 Å². The summed E-state index contributed by atoms with van der Waals surface area (Å²) >= 11 is 0. The summed E-state index contributed by atoms with van der Waals surface area (Å²) in [5, 5.41) is 0.842. The molecule has 17 heavy (non-hydrogen) atoms. The Bertz CT molecular complexity index is 666. The number of para-hydroxylation sites is 1. The molecule has 0 saturated heterocycles. The Balaban J connectivity index is 2.35. The van der Waals surface area contributed by atoms with Crippen LogP contribution in [-0.2, 0) is 0 Å². The second kappa shape index (κ2) is 3.79. The Labute approximate surface area is 97.4 Å². The zero-order chi connectivity index (χ0) is 11.7. The second-order valence-electron chi connectivity index (χ2n) is 3.59. The van der Waals surface area contributed by atoms with Gasteiger partial charge in [-0.1, -0.05) is 12.1 Å². The molecule has 3 aromatic rings. The van der Waals surface area contributed by atoms with Crippen molar-refractivity contribution in [3.05, 3.63) is 43.2 Å². The molecule has 0 unspecified atom stereocenters. The first-order chi connectivity index (χ1) is 8.36. The van der Waals surface area contributed by atoms with Crippen LogP contribution in [0.3, 0.4) is 0 Å². The van der Waals surface area contributed by atoms with E-state index in [0.29, 0.717) is 5.82 Å². The van der Waals surface area contributed by atoms with Gasteiger partial charge >= 0.3 is 0 Å². The summed E-state index contributed by atoms with van der Waals surface area (Å²) < 4.78 is 0. The number of anilines is 1. The number of hydrogen-bond acceptors (Lipinski definition) is 5. The van der Waals surface area contributed by atoms with Crippen molar-refractivity contribution < 1.29 is 0 Å². The van der Waals surface area contributed by atoms with E-state index in [2.05, 4.69) is 19.9 Å². The fourth-order valence-corrected chi connectivity index (χ4v) is 1.78. The molecule has 0 saturated carbocycles. The van der Waals surface area contributed by atoms with Gasteiger partial charge in [-0.2, -0.15) is 0 Å². The fourth-order valence-electron chi connectivity index (χ4n) is 1.78. The monoisotopic (exact) mass is 223 g/mol. The van der Waals surface area contributed by atoms with E-state index in [4.69, 9.17) is 5.73 Å². The standard InChI is InChI=1S/C12H9N5/c13-12-10-3-1-2-9(11(10)16-7-17-12)8-4-14-6-15-5-8/h1-7H,(H2,13,16,17). The summed E-state index contributed by atoms with van der Waals surface area (Å²) in [5.74, 6) is 0.480. The van der Waals surface area contributed by atoms with Gasteiger partial charge in [0.2, 0.25) is 0 Å². The Hall–Kier alpha value is -2.56. The maximum absolute atomic E-state index is 5.82. The predicted molar refractivity (Wildman–Crippen MR) is 65.0 cm³/mol. The van der Waals surface area contributed by atoms with Crippen molar-refractivity contribution in [1.82, 2.24) is 19.9 Å². The first kappa shape index (κ1) is 9.65. The maximum Gasteiger partial charge on any atom is 0.134 e. The Morgan fingerprint density at radius 2 is 1.76 bits per heavy atom. The summed E-state index contributed by atoms with van der Waals surface area (Å²) in [6, 6.07) is 5.79. The lowest BCUT2D eigenvalue weighted by Crippen LogP contribution is -1.94. The zero-order valence-electron chi connectivity index (χ0n) is 8.91. The summed E-state index contributed by atoms with van der Waals surface area (Å²) in [7, 11) is 0. The molecule has 0 aliphatic heterocycles. The number of nitrogens with two attached hydrogens (primary N) is 1. The molecular formula is C12H9N5. The van der Waals surface area contributed by atoms with Crippen molar-refractivity contribution in [2.75, 3.05) is 5.73 Å². The van der Waals surface area contributed by atoms with Crippen LogP contribution in [0.15, 0.2) is 43.2 Å². The predicted octanol–water partition coefficient (Wildman–Crippen LogP) is 1.67. The summed E-state index contributed by atoms with van der Waals surface area (Å²) in [5.41, 5.74) is 8.50. The number of fused-ring (bicyclic) bond motifs is 1. The minimum absolute atomic E-state index is 0.480. The number of nitrogen functional groups attached to an aromatic ring is 1. The van der Waals surface area contributed by atoms with Gasteiger partial charge in [-0.3, -0.25) is 0 Å². The molecule has 3 rings (SSSR count). The third kappa shape index (κ3) is 1.57. The lowest BCUT2D eigenvalue weighted by Gasteiger charge is -2.05. The Kier molecular flexibility index (Phi) is 2.15. The highest BCUT2D eigenvalue weighted by Gasteiger charge is 2.07. The lowest BCUT2D eigenvalue weighted by molar-refractivity contribution is 1.17. The van der Waals surface area contributed by atoms with Gasteiger partial charge in [0, 0.05) is 28.9 Å². The normalized spacial score (nSPS) is 10.6. The topological polar surface area (TPSA) is 77.6 Å². The van der Waals surface area contributed by atoms with Crippen LogP contribution >= 0.6 is 0 Å². The Morgan fingerprint density at radius 1 is 0.941 bits per heavy atom. The first-order valence-electron chi connectivity index (χ1n) is 5.11. The van der Waals surface area contributed by atoms with Crippen LogP contribution in [0.5, 0.6) is 0 Å². The first-order valence-corrected chi connectivity index (χ1v) is 5.11. The van der Waals surface area contributed by atoms with E-state index in [0.717, 1.165) is 22.0 Å². The van der Waals surface area contributed by atoms with Gasteiger partial charge in [-0.05, 0) is 6.07 Å². The van der Waals surface area contributed by atoms with Crippen LogP contribution < -0.4 is 5.73 Å². The molecule has 0 spiro atoms. The third-order valence-electron chi connectivity index (χ3n) is 2.57. The van der Waals surface area contributed by atoms with Gasteiger partial charge in [0.15, 0.2) is 0 Å². The summed E-state index contributed by atoms with van der Waals surface area (Å²) in [4.78, 5) is 16.3. The van der Waals surface area contributed by atoms with Gasteiger partial charge in [0.05, 0.1) is 5.52 Å². The van der Waals surface area contributed by atoms with Gasteiger partial charge in [0.25, 0.3) is 0 Å². The van der Waals surface area contributed by atoms with Gasteiger partial charge in [-0.25, -0.2) is 19.9 Å². The van der Waals surface area contributed by atoms with Crippen molar-refractivity contribution in [1.29, 1.82) is 0 Å². The molecule has 0 fully saturated rings. The minimum atomic E-state index is 0.480. The minimum Gasteiger partial charge on any atom is -0.383 e. The molecule has 5 nitrogen and oxygen atoms in total. The molecule has 82 valence electrons. The molecular weight excluding hydrogens is 214 g/mol. The van der Waals surface area contributed by atoms with E-state index < -0.39 is 0 Å². The second-order valence-corrected chi connectivity index (χ2v) is 3.59. The van der Waals surface area contributed by atoms with Crippen LogP contribution in [0.4, 0.5) is 5.82 Å². The van der Waals surface area contributed by atoms with Crippen molar-refractivity contribution in [3.8, 4) is 11.1 Å². The Morgan fingerprint density at radius 3 is 2.59 bits per heavy atom. The molecule has 0 aliphatic rings. The summed E-state index contributed by atoms with van der Waals surface area (Å²) in [6.07, 6.45) is 6.46. The fraction of sp³-hybridized carbons (Fsp3) is 0.